The number of guanidine groups is 1. The highest BCUT2D eigenvalue weighted by Crippen LogP contribution is 2.22. The van der Waals surface area contributed by atoms with Crippen LogP contribution in [0.15, 0.2) is 58.1 Å². The van der Waals surface area contributed by atoms with Crippen LogP contribution >= 0.6 is 0 Å². The quantitative estimate of drug-likeness (QED) is 0.658. The second kappa shape index (κ2) is 7.72. The molecule has 1 atom stereocenters. The van der Waals surface area contributed by atoms with E-state index in [1.54, 1.807) is 13.3 Å². The van der Waals surface area contributed by atoms with Gasteiger partial charge in [-0.05, 0) is 36.6 Å². The van der Waals surface area contributed by atoms with Crippen LogP contribution in [0.25, 0.3) is 0 Å². The average Bonchev–Trinajstić information content (AvgIpc) is 3.27. The van der Waals surface area contributed by atoms with Crippen LogP contribution in [0.2, 0.25) is 0 Å². The molecule has 0 aliphatic carbocycles. The highest BCUT2D eigenvalue weighted by atomic mass is 16.3. The van der Waals surface area contributed by atoms with E-state index in [2.05, 4.69) is 50.9 Å². The number of anilines is 1. The van der Waals surface area contributed by atoms with Gasteiger partial charge in [0, 0.05) is 32.4 Å². The summed E-state index contributed by atoms with van der Waals surface area (Å²) in [5.41, 5.74) is 1.32. The Balaban J connectivity index is 1.43. The SMILES string of the molecule is CN=C(NCc1ccco1)NC[C@H]1CCN(c2ccccc2)C1. The van der Waals surface area contributed by atoms with E-state index in [0.29, 0.717) is 12.5 Å². The number of para-hydroxylation sites is 1. The molecule has 1 saturated heterocycles. The summed E-state index contributed by atoms with van der Waals surface area (Å²) >= 11 is 0. The van der Waals surface area contributed by atoms with Crippen LogP contribution in [0.3, 0.4) is 0 Å². The van der Waals surface area contributed by atoms with Crippen LogP contribution in [0.5, 0.6) is 0 Å². The fourth-order valence-electron chi connectivity index (χ4n) is 2.92. The highest BCUT2D eigenvalue weighted by molar-refractivity contribution is 5.79. The molecule has 1 aliphatic heterocycles. The molecule has 0 saturated carbocycles. The molecule has 122 valence electrons. The zero-order valence-electron chi connectivity index (χ0n) is 13.5. The summed E-state index contributed by atoms with van der Waals surface area (Å²) in [4.78, 5) is 6.71. The third-order valence-electron chi connectivity index (χ3n) is 4.20. The fraction of sp³-hybridized carbons (Fsp3) is 0.389. The summed E-state index contributed by atoms with van der Waals surface area (Å²) in [6, 6.07) is 14.5. The van der Waals surface area contributed by atoms with Crippen molar-refractivity contribution in [1.82, 2.24) is 10.6 Å². The van der Waals surface area contributed by atoms with Crippen molar-refractivity contribution in [2.45, 2.75) is 13.0 Å². The molecule has 0 spiro atoms. The lowest BCUT2D eigenvalue weighted by molar-refractivity contribution is 0.499. The van der Waals surface area contributed by atoms with E-state index in [1.165, 1.54) is 12.1 Å². The lowest BCUT2D eigenvalue weighted by atomic mass is 10.1. The van der Waals surface area contributed by atoms with Gasteiger partial charge >= 0.3 is 0 Å². The molecule has 0 amide bonds. The maximum atomic E-state index is 5.32. The normalized spacial score (nSPS) is 18.2. The minimum absolute atomic E-state index is 0.636. The number of aliphatic imine (C=N–C) groups is 1. The first-order valence-electron chi connectivity index (χ1n) is 8.12. The number of benzene rings is 1. The van der Waals surface area contributed by atoms with Gasteiger partial charge in [0.2, 0.25) is 0 Å². The van der Waals surface area contributed by atoms with Crippen LogP contribution < -0.4 is 15.5 Å². The zero-order valence-corrected chi connectivity index (χ0v) is 13.5. The second-order valence-electron chi connectivity index (χ2n) is 5.82. The summed E-state index contributed by atoms with van der Waals surface area (Å²) in [6.45, 7) is 3.79. The first-order chi connectivity index (χ1) is 11.3. The van der Waals surface area contributed by atoms with Crippen LogP contribution in [-0.2, 0) is 6.54 Å². The van der Waals surface area contributed by atoms with Gasteiger partial charge in [-0.15, -0.1) is 0 Å². The van der Waals surface area contributed by atoms with Gasteiger partial charge in [0.1, 0.15) is 5.76 Å². The number of nitrogens with zero attached hydrogens (tertiary/aromatic N) is 2. The van der Waals surface area contributed by atoms with Gasteiger partial charge in [-0.1, -0.05) is 18.2 Å². The Morgan fingerprint density at radius 3 is 2.83 bits per heavy atom. The van der Waals surface area contributed by atoms with Gasteiger partial charge in [-0.3, -0.25) is 4.99 Å². The number of nitrogens with one attached hydrogen (secondary N) is 2. The second-order valence-corrected chi connectivity index (χ2v) is 5.82. The van der Waals surface area contributed by atoms with Crippen molar-refractivity contribution in [2.75, 3.05) is 31.6 Å². The predicted molar refractivity (Wildman–Crippen MR) is 93.7 cm³/mol. The molecular formula is C18H24N4O. The first-order valence-corrected chi connectivity index (χ1v) is 8.12. The third kappa shape index (κ3) is 4.28. The molecule has 0 unspecified atom stereocenters. The largest absolute Gasteiger partial charge is 0.467 e. The van der Waals surface area contributed by atoms with Gasteiger partial charge in [-0.25, -0.2) is 0 Å². The molecule has 2 heterocycles. The molecule has 1 aliphatic rings. The monoisotopic (exact) mass is 312 g/mol. The Morgan fingerprint density at radius 2 is 2.09 bits per heavy atom. The molecular weight excluding hydrogens is 288 g/mol. The maximum Gasteiger partial charge on any atom is 0.191 e. The van der Waals surface area contributed by atoms with Gasteiger partial charge in [-0.2, -0.15) is 0 Å². The van der Waals surface area contributed by atoms with E-state index >= 15 is 0 Å². The minimum Gasteiger partial charge on any atom is -0.467 e. The lowest BCUT2D eigenvalue weighted by Crippen LogP contribution is -2.39. The zero-order chi connectivity index (χ0) is 15.9. The number of hydrogen-bond donors (Lipinski definition) is 2. The van der Waals surface area contributed by atoms with Gasteiger partial charge in [0.05, 0.1) is 12.8 Å². The van der Waals surface area contributed by atoms with Crippen molar-refractivity contribution >= 4 is 11.6 Å². The molecule has 2 N–H and O–H groups in total. The van der Waals surface area contributed by atoms with E-state index in [9.17, 15) is 0 Å². The summed E-state index contributed by atoms with van der Waals surface area (Å²) in [5.74, 6) is 2.36. The fourth-order valence-corrected chi connectivity index (χ4v) is 2.92. The molecule has 1 aromatic carbocycles. The standard InChI is InChI=1S/C18H24N4O/c1-19-18(21-13-17-8-5-11-23-17)20-12-15-9-10-22(14-15)16-6-3-2-4-7-16/h2-8,11,15H,9-10,12-14H2,1H3,(H2,19,20,21)/t15-/m1/s1. The van der Waals surface area contributed by atoms with Gasteiger partial charge in [0.15, 0.2) is 5.96 Å². The Bertz CT molecular complexity index is 609. The molecule has 1 aromatic heterocycles. The van der Waals surface area contributed by atoms with Gasteiger partial charge in [0.25, 0.3) is 0 Å². The third-order valence-corrected chi connectivity index (χ3v) is 4.20. The Kier molecular flexibility index (Phi) is 5.19. The van der Waals surface area contributed by atoms with Crippen LogP contribution in [0, 0.1) is 5.92 Å². The smallest absolute Gasteiger partial charge is 0.191 e. The van der Waals surface area contributed by atoms with Crippen LogP contribution in [0.4, 0.5) is 5.69 Å². The lowest BCUT2D eigenvalue weighted by Gasteiger charge is -2.19. The number of hydrogen-bond acceptors (Lipinski definition) is 3. The predicted octanol–water partition coefficient (Wildman–Crippen LogP) is 2.47. The molecule has 3 rings (SSSR count). The summed E-state index contributed by atoms with van der Waals surface area (Å²) in [7, 11) is 1.79. The summed E-state index contributed by atoms with van der Waals surface area (Å²) in [6.07, 6.45) is 2.89. The van der Waals surface area contributed by atoms with Crippen molar-refractivity contribution in [2.24, 2.45) is 10.9 Å². The Labute approximate surface area is 137 Å². The van der Waals surface area contributed by atoms with E-state index in [-0.39, 0.29) is 0 Å². The molecule has 2 aromatic rings. The average molecular weight is 312 g/mol. The van der Waals surface area contributed by atoms with Crippen LogP contribution in [-0.4, -0.2) is 32.6 Å². The Hall–Kier alpha value is -2.43. The van der Waals surface area contributed by atoms with E-state index < -0.39 is 0 Å². The molecule has 5 nitrogen and oxygen atoms in total. The maximum absolute atomic E-state index is 5.32. The van der Waals surface area contributed by atoms with Crippen molar-refractivity contribution in [3.63, 3.8) is 0 Å². The van der Waals surface area contributed by atoms with E-state index in [0.717, 1.165) is 31.4 Å². The minimum atomic E-state index is 0.636. The van der Waals surface area contributed by atoms with Crippen LogP contribution in [0.1, 0.15) is 12.2 Å². The first kappa shape index (κ1) is 15.5. The van der Waals surface area contributed by atoms with Crippen molar-refractivity contribution < 1.29 is 4.42 Å². The topological polar surface area (TPSA) is 52.8 Å². The summed E-state index contributed by atoms with van der Waals surface area (Å²) in [5, 5.41) is 6.69. The Morgan fingerprint density at radius 1 is 1.22 bits per heavy atom. The number of furan rings is 1. The van der Waals surface area contributed by atoms with Crippen molar-refractivity contribution in [3.8, 4) is 0 Å². The number of rotatable bonds is 5. The molecule has 0 bridgehead atoms. The van der Waals surface area contributed by atoms with E-state index in [4.69, 9.17) is 4.42 Å². The molecule has 5 heteroatoms. The van der Waals surface area contributed by atoms with Gasteiger partial charge < -0.3 is 20.0 Å². The van der Waals surface area contributed by atoms with E-state index in [1.807, 2.05) is 12.1 Å². The highest BCUT2D eigenvalue weighted by Gasteiger charge is 2.22. The summed E-state index contributed by atoms with van der Waals surface area (Å²) < 4.78 is 5.32. The van der Waals surface area contributed by atoms with Crippen molar-refractivity contribution in [1.29, 1.82) is 0 Å². The molecule has 23 heavy (non-hydrogen) atoms. The molecule has 1 fully saturated rings. The molecule has 0 radical (unpaired) electrons. The van der Waals surface area contributed by atoms with Crippen molar-refractivity contribution in [3.05, 3.63) is 54.5 Å².